The summed E-state index contributed by atoms with van der Waals surface area (Å²) in [6, 6.07) is 0.209. The van der Waals surface area contributed by atoms with Gasteiger partial charge in [0, 0.05) is 12.6 Å². The Morgan fingerprint density at radius 2 is 2.14 bits per heavy atom. The Hall–Kier alpha value is -0.160. The number of hydrogen-bond acceptors (Lipinski definition) is 4. The molecule has 1 aliphatic rings. The van der Waals surface area contributed by atoms with E-state index in [4.69, 9.17) is 9.47 Å². The molecule has 84 valence electrons. The van der Waals surface area contributed by atoms with E-state index in [9.17, 15) is 5.11 Å². The van der Waals surface area contributed by atoms with Crippen molar-refractivity contribution in [1.29, 1.82) is 0 Å². The third-order valence-electron chi connectivity index (χ3n) is 2.16. The van der Waals surface area contributed by atoms with E-state index in [1.165, 1.54) is 0 Å². The molecule has 2 unspecified atom stereocenters. The maximum atomic E-state index is 9.83. The Labute approximate surface area is 85.8 Å². The van der Waals surface area contributed by atoms with Crippen LogP contribution in [0.4, 0.5) is 0 Å². The van der Waals surface area contributed by atoms with Crippen LogP contribution in [-0.2, 0) is 9.47 Å². The molecule has 0 aromatic heterocycles. The fourth-order valence-corrected chi connectivity index (χ4v) is 1.45. The van der Waals surface area contributed by atoms with E-state index in [-0.39, 0.29) is 11.6 Å². The molecule has 0 bridgehead atoms. The van der Waals surface area contributed by atoms with Crippen LogP contribution in [0.15, 0.2) is 0 Å². The van der Waals surface area contributed by atoms with Crippen LogP contribution in [0.2, 0.25) is 0 Å². The van der Waals surface area contributed by atoms with E-state index in [1.807, 2.05) is 32.6 Å². The van der Waals surface area contributed by atoms with Crippen molar-refractivity contribution < 1.29 is 14.6 Å². The van der Waals surface area contributed by atoms with Gasteiger partial charge in [-0.2, -0.15) is 0 Å². The first kappa shape index (κ1) is 11.9. The van der Waals surface area contributed by atoms with Gasteiger partial charge in [0.25, 0.3) is 0 Å². The minimum absolute atomic E-state index is 0.209. The summed E-state index contributed by atoms with van der Waals surface area (Å²) in [6.07, 6.45) is -0.825. The van der Waals surface area contributed by atoms with Gasteiger partial charge in [-0.05, 0) is 27.7 Å². The normalized spacial score (nSPS) is 27.6. The van der Waals surface area contributed by atoms with Gasteiger partial charge in [-0.25, -0.2) is 4.90 Å². The Morgan fingerprint density at radius 3 is 2.64 bits per heavy atom. The minimum atomic E-state index is -0.825. The highest BCUT2D eigenvalue weighted by molar-refractivity contribution is 4.71. The van der Waals surface area contributed by atoms with Crippen molar-refractivity contribution in [3.63, 3.8) is 0 Å². The maximum Gasteiger partial charge on any atom is 0.216 e. The summed E-state index contributed by atoms with van der Waals surface area (Å²) in [5, 5.41) is 9.83. The van der Waals surface area contributed by atoms with E-state index in [1.54, 1.807) is 0 Å². The molecule has 1 saturated heterocycles. The summed E-state index contributed by atoms with van der Waals surface area (Å²) in [5.74, 6) is 0. The van der Waals surface area contributed by atoms with Crippen molar-refractivity contribution in [1.82, 2.24) is 4.90 Å². The first-order valence-corrected chi connectivity index (χ1v) is 5.09. The molecule has 4 nitrogen and oxygen atoms in total. The quantitative estimate of drug-likeness (QED) is 0.674. The molecular formula is C10H21NO3. The van der Waals surface area contributed by atoms with Crippen molar-refractivity contribution in [2.75, 3.05) is 19.8 Å². The molecule has 4 heteroatoms. The van der Waals surface area contributed by atoms with E-state index in [2.05, 4.69) is 0 Å². The number of rotatable bonds is 2. The molecule has 0 spiro atoms. The summed E-state index contributed by atoms with van der Waals surface area (Å²) in [4.78, 5) is 1.91. The molecule has 2 atom stereocenters. The predicted molar refractivity (Wildman–Crippen MR) is 53.8 cm³/mol. The third-order valence-corrected chi connectivity index (χ3v) is 2.16. The van der Waals surface area contributed by atoms with Gasteiger partial charge < -0.3 is 14.6 Å². The summed E-state index contributed by atoms with van der Waals surface area (Å²) in [7, 11) is 0. The molecule has 14 heavy (non-hydrogen) atoms. The number of nitrogens with zero attached hydrogens (tertiary/aromatic N) is 1. The molecule has 0 aromatic rings. The lowest BCUT2D eigenvalue weighted by Gasteiger charge is -2.38. The lowest BCUT2D eigenvalue weighted by molar-refractivity contribution is -0.260. The van der Waals surface area contributed by atoms with Gasteiger partial charge in [0.15, 0.2) is 0 Å². The smallest absolute Gasteiger partial charge is 0.216 e. The highest BCUT2D eigenvalue weighted by atomic mass is 16.6. The topological polar surface area (TPSA) is 41.9 Å². The van der Waals surface area contributed by atoms with Gasteiger partial charge in [0.05, 0.1) is 18.8 Å². The number of hydrogen-bond donors (Lipinski definition) is 1. The molecule has 1 fully saturated rings. The molecule has 1 heterocycles. The van der Waals surface area contributed by atoms with Crippen LogP contribution in [-0.4, -0.2) is 47.8 Å². The van der Waals surface area contributed by atoms with Gasteiger partial charge in [-0.15, -0.1) is 0 Å². The summed E-state index contributed by atoms with van der Waals surface area (Å²) in [6.45, 7) is 9.86. The molecule has 1 aliphatic heterocycles. The molecule has 0 amide bonds. The average molecular weight is 203 g/mol. The molecule has 1 rings (SSSR count). The van der Waals surface area contributed by atoms with Crippen LogP contribution < -0.4 is 0 Å². The van der Waals surface area contributed by atoms with Crippen LogP contribution in [0.1, 0.15) is 27.7 Å². The van der Waals surface area contributed by atoms with Crippen molar-refractivity contribution in [2.45, 2.75) is 45.8 Å². The Balaban J connectivity index is 2.46. The fourth-order valence-electron chi connectivity index (χ4n) is 1.45. The van der Waals surface area contributed by atoms with Crippen molar-refractivity contribution >= 4 is 0 Å². The SMILES string of the molecule is CC1COCCN1C(O)OC(C)(C)C. The van der Waals surface area contributed by atoms with E-state index >= 15 is 0 Å². The fraction of sp³-hybridized carbons (Fsp3) is 1.00. The van der Waals surface area contributed by atoms with Gasteiger partial charge >= 0.3 is 0 Å². The predicted octanol–water partition coefficient (Wildman–Crippen LogP) is 0.798. The van der Waals surface area contributed by atoms with Gasteiger partial charge in [0.1, 0.15) is 0 Å². The lowest BCUT2D eigenvalue weighted by atomic mass is 10.2. The van der Waals surface area contributed by atoms with Gasteiger partial charge in [0.2, 0.25) is 6.41 Å². The van der Waals surface area contributed by atoms with Crippen LogP contribution in [0, 0.1) is 0 Å². The first-order valence-electron chi connectivity index (χ1n) is 5.09. The van der Waals surface area contributed by atoms with E-state index in [0.29, 0.717) is 13.2 Å². The third kappa shape index (κ3) is 3.53. The Kier molecular flexibility index (Phi) is 3.89. The monoisotopic (exact) mass is 203 g/mol. The lowest BCUT2D eigenvalue weighted by Crippen LogP contribution is -2.52. The van der Waals surface area contributed by atoms with Crippen LogP contribution >= 0.6 is 0 Å². The first-order chi connectivity index (χ1) is 6.40. The van der Waals surface area contributed by atoms with Crippen LogP contribution in [0.3, 0.4) is 0 Å². The Bertz CT molecular complexity index is 179. The number of morpholine rings is 1. The van der Waals surface area contributed by atoms with Crippen molar-refractivity contribution in [3.8, 4) is 0 Å². The number of aliphatic hydroxyl groups is 1. The minimum Gasteiger partial charge on any atom is -0.379 e. The summed E-state index contributed by atoms with van der Waals surface area (Å²) >= 11 is 0. The molecule has 0 aliphatic carbocycles. The van der Waals surface area contributed by atoms with Crippen molar-refractivity contribution in [2.24, 2.45) is 0 Å². The zero-order chi connectivity index (χ0) is 10.8. The van der Waals surface area contributed by atoms with E-state index in [0.717, 1.165) is 6.54 Å². The largest absolute Gasteiger partial charge is 0.379 e. The maximum absolute atomic E-state index is 9.83. The molecule has 0 saturated carbocycles. The second-order valence-corrected chi connectivity index (χ2v) is 4.72. The van der Waals surface area contributed by atoms with Crippen molar-refractivity contribution in [3.05, 3.63) is 0 Å². The number of ether oxygens (including phenoxy) is 2. The standard InChI is InChI=1S/C10H21NO3/c1-8-7-13-6-5-11(8)9(12)14-10(2,3)4/h8-9,12H,5-7H2,1-4H3. The molecular weight excluding hydrogens is 182 g/mol. The van der Waals surface area contributed by atoms with Gasteiger partial charge in [-0.1, -0.05) is 0 Å². The zero-order valence-corrected chi connectivity index (χ0v) is 9.49. The summed E-state index contributed by atoms with van der Waals surface area (Å²) in [5.41, 5.74) is -0.322. The highest BCUT2D eigenvalue weighted by Gasteiger charge is 2.28. The van der Waals surface area contributed by atoms with Crippen LogP contribution in [0.5, 0.6) is 0 Å². The second kappa shape index (κ2) is 4.57. The number of aliphatic hydroxyl groups excluding tert-OH is 1. The average Bonchev–Trinajstić information content (AvgIpc) is 2.01. The zero-order valence-electron chi connectivity index (χ0n) is 9.49. The summed E-state index contributed by atoms with van der Waals surface area (Å²) < 4.78 is 10.8. The van der Waals surface area contributed by atoms with E-state index < -0.39 is 6.41 Å². The second-order valence-electron chi connectivity index (χ2n) is 4.72. The Morgan fingerprint density at radius 1 is 1.50 bits per heavy atom. The van der Waals surface area contributed by atoms with Gasteiger partial charge in [-0.3, -0.25) is 0 Å². The molecule has 0 aromatic carbocycles. The molecule has 0 radical (unpaired) electrons. The highest BCUT2D eigenvalue weighted by Crippen LogP contribution is 2.16. The van der Waals surface area contributed by atoms with Crippen LogP contribution in [0.25, 0.3) is 0 Å². The molecule has 1 N–H and O–H groups in total.